The molecule has 3 unspecified atom stereocenters. The zero-order valence-electron chi connectivity index (χ0n) is 24.4. The minimum Gasteiger partial charge on any atom is -0.497 e. The van der Waals surface area contributed by atoms with Gasteiger partial charge in [0, 0.05) is 38.2 Å². The number of amides is 3. The number of nitrogens with zero attached hydrogens (tertiary/aromatic N) is 2. The van der Waals surface area contributed by atoms with Gasteiger partial charge < -0.3 is 25.2 Å². The van der Waals surface area contributed by atoms with Crippen molar-refractivity contribution >= 4 is 23.4 Å². The summed E-state index contributed by atoms with van der Waals surface area (Å²) in [6.45, 7) is 3.56. The second-order valence-electron chi connectivity index (χ2n) is 11.1. The van der Waals surface area contributed by atoms with Gasteiger partial charge in [0.15, 0.2) is 0 Å². The van der Waals surface area contributed by atoms with Gasteiger partial charge in [-0.05, 0) is 60.2 Å². The molecule has 42 heavy (non-hydrogen) atoms. The number of benzene rings is 3. The third-order valence-corrected chi connectivity index (χ3v) is 8.22. The molecule has 2 N–H and O–H groups in total. The zero-order chi connectivity index (χ0) is 29.5. The summed E-state index contributed by atoms with van der Waals surface area (Å²) in [6, 6.07) is 24.1. The lowest BCUT2D eigenvalue weighted by Gasteiger charge is -2.31. The van der Waals surface area contributed by atoms with E-state index in [1.165, 1.54) is 5.56 Å². The summed E-state index contributed by atoms with van der Waals surface area (Å²) in [4.78, 5) is 44.4. The minimum absolute atomic E-state index is 0.0646. The Labute approximate surface area is 248 Å². The summed E-state index contributed by atoms with van der Waals surface area (Å²) in [5, 5.41) is 6.42. The number of hydrogen-bond donors (Lipinski definition) is 2. The topological polar surface area (TPSA) is 91.0 Å². The Morgan fingerprint density at radius 1 is 1.00 bits per heavy atom. The number of hydrogen-bond acceptors (Lipinski definition) is 5. The average molecular weight is 569 g/mol. The minimum atomic E-state index is -0.736. The highest BCUT2D eigenvalue weighted by Crippen LogP contribution is 2.26. The van der Waals surface area contributed by atoms with Crippen molar-refractivity contribution in [1.29, 1.82) is 0 Å². The molecule has 1 fully saturated rings. The molecule has 0 saturated carbocycles. The van der Waals surface area contributed by atoms with Crippen LogP contribution in [0.5, 0.6) is 5.75 Å². The Morgan fingerprint density at radius 3 is 2.43 bits per heavy atom. The van der Waals surface area contributed by atoms with Crippen molar-refractivity contribution in [2.45, 2.75) is 63.7 Å². The van der Waals surface area contributed by atoms with Crippen molar-refractivity contribution in [3.8, 4) is 5.75 Å². The van der Waals surface area contributed by atoms with E-state index in [4.69, 9.17) is 4.74 Å². The maximum Gasteiger partial charge on any atom is 0.245 e. The molecule has 3 atom stereocenters. The van der Waals surface area contributed by atoms with E-state index in [9.17, 15) is 14.4 Å². The average Bonchev–Trinajstić information content (AvgIpc) is 3.51. The number of carbonyl (C=O) groups excluding carboxylic acids is 3. The summed E-state index contributed by atoms with van der Waals surface area (Å²) in [6.07, 6.45) is 2.82. The van der Waals surface area contributed by atoms with Crippen LogP contribution in [-0.4, -0.2) is 60.9 Å². The molecule has 0 spiro atoms. The van der Waals surface area contributed by atoms with Gasteiger partial charge in [-0.15, -0.1) is 0 Å². The van der Waals surface area contributed by atoms with E-state index >= 15 is 0 Å². The molecule has 0 aromatic heterocycles. The number of carbonyl (C=O) groups is 3. The van der Waals surface area contributed by atoms with E-state index in [1.54, 1.807) is 12.0 Å². The normalized spacial score (nSPS) is 18.6. The van der Waals surface area contributed by atoms with Gasteiger partial charge in [0.05, 0.1) is 19.2 Å². The quantitative estimate of drug-likeness (QED) is 0.388. The van der Waals surface area contributed by atoms with Gasteiger partial charge in [0.25, 0.3) is 0 Å². The largest absolute Gasteiger partial charge is 0.497 e. The summed E-state index contributed by atoms with van der Waals surface area (Å²) < 4.78 is 5.30. The molecule has 0 bridgehead atoms. The monoisotopic (exact) mass is 568 g/mol. The zero-order valence-corrected chi connectivity index (χ0v) is 24.4. The smallest absolute Gasteiger partial charge is 0.245 e. The van der Waals surface area contributed by atoms with E-state index in [0.717, 1.165) is 29.0 Å². The maximum atomic E-state index is 14.1. The van der Waals surface area contributed by atoms with Gasteiger partial charge in [-0.3, -0.25) is 14.4 Å². The van der Waals surface area contributed by atoms with E-state index < -0.39 is 12.1 Å². The van der Waals surface area contributed by atoms with Crippen LogP contribution in [0, 0.1) is 0 Å². The third kappa shape index (κ3) is 6.82. The summed E-state index contributed by atoms with van der Waals surface area (Å²) in [7, 11) is 1.62. The molecule has 3 aromatic carbocycles. The number of rotatable bonds is 10. The fourth-order valence-corrected chi connectivity index (χ4v) is 5.96. The number of methoxy groups -OCH3 is 1. The molecule has 0 radical (unpaired) electrons. The highest BCUT2D eigenvalue weighted by Gasteiger charge is 2.37. The molecule has 8 heteroatoms. The summed E-state index contributed by atoms with van der Waals surface area (Å²) in [5.41, 5.74) is 4.11. The molecular weight excluding hydrogens is 528 g/mol. The lowest BCUT2D eigenvalue weighted by Crippen LogP contribution is -2.55. The molecule has 220 valence electrons. The molecule has 3 amide bonds. The first-order valence-electron chi connectivity index (χ1n) is 14.9. The van der Waals surface area contributed by atoms with E-state index in [2.05, 4.69) is 22.8 Å². The van der Waals surface area contributed by atoms with Crippen molar-refractivity contribution in [3.63, 3.8) is 0 Å². The van der Waals surface area contributed by atoms with Crippen LogP contribution in [-0.2, 0) is 33.8 Å². The van der Waals surface area contributed by atoms with Crippen LogP contribution in [0.1, 0.15) is 42.9 Å². The standard InChI is InChI=1S/C34H40N4O4/c1-3-9-32(39)38(27-12-5-4-6-13-27)28-18-19-37(23-28)34(41)31(20-24-14-16-29(42-2)17-15-24)36-33(40)30-21-25-10-7-8-11-26(25)22-35-30/h4-8,10-17,28,30-31,35H,3,9,18-23H2,1-2H3,(H,36,40). The third-order valence-electron chi connectivity index (χ3n) is 8.22. The van der Waals surface area contributed by atoms with Gasteiger partial charge in [-0.2, -0.15) is 0 Å². The number of fused-ring (bicyclic) bond motifs is 1. The molecule has 2 heterocycles. The molecule has 3 aromatic rings. The Hall–Kier alpha value is -4.17. The predicted molar refractivity (Wildman–Crippen MR) is 163 cm³/mol. The van der Waals surface area contributed by atoms with E-state index in [1.807, 2.05) is 78.6 Å². The number of nitrogens with one attached hydrogen (secondary N) is 2. The Kier molecular flexibility index (Phi) is 9.54. The maximum absolute atomic E-state index is 14.1. The Morgan fingerprint density at radius 2 is 1.71 bits per heavy atom. The number of para-hydroxylation sites is 1. The first-order chi connectivity index (χ1) is 20.5. The van der Waals surface area contributed by atoms with E-state index in [0.29, 0.717) is 45.3 Å². The molecule has 8 nitrogen and oxygen atoms in total. The molecule has 0 aliphatic carbocycles. The van der Waals surface area contributed by atoms with Crippen molar-refractivity contribution in [2.75, 3.05) is 25.1 Å². The molecule has 2 aliphatic heterocycles. The van der Waals surface area contributed by atoms with Crippen molar-refractivity contribution in [2.24, 2.45) is 0 Å². The Bertz CT molecular complexity index is 1380. The first kappa shape index (κ1) is 29.3. The van der Waals surface area contributed by atoms with Crippen molar-refractivity contribution in [1.82, 2.24) is 15.5 Å². The van der Waals surface area contributed by atoms with Crippen LogP contribution in [0.4, 0.5) is 5.69 Å². The molecule has 5 rings (SSSR count). The SMILES string of the molecule is CCCC(=O)N(c1ccccc1)C1CCN(C(=O)C(Cc2ccc(OC)cc2)NC(=O)C2Cc3ccccc3CN2)C1. The lowest BCUT2D eigenvalue weighted by atomic mass is 9.95. The van der Waals surface area contributed by atoms with Crippen LogP contribution >= 0.6 is 0 Å². The fraction of sp³-hybridized carbons (Fsp3) is 0.382. The Balaban J connectivity index is 1.33. The van der Waals surface area contributed by atoms with Gasteiger partial charge in [-0.25, -0.2) is 0 Å². The molecule has 1 saturated heterocycles. The van der Waals surface area contributed by atoms with Crippen LogP contribution in [0.3, 0.4) is 0 Å². The summed E-state index contributed by atoms with van der Waals surface area (Å²) >= 11 is 0. The van der Waals surface area contributed by atoms with Crippen LogP contribution in [0.2, 0.25) is 0 Å². The fourth-order valence-electron chi connectivity index (χ4n) is 5.96. The predicted octanol–water partition coefficient (Wildman–Crippen LogP) is 3.87. The van der Waals surface area contributed by atoms with E-state index in [-0.39, 0.29) is 23.8 Å². The van der Waals surface area contributed by atoms with Crippen LogP contribution in [0.15, 0.2) is 78.9 Å². The number of likely N-dealkylation sites (tertiary alicyclic amines) is 1. The first-order valence-corrected chi connectivity index (χ1v) is 14.9. The van der Waals surface area contributed by atoms with Gasteiger partial charge in [0.2, 0.25) is 17.7 Å². The van der Waals surface area contributed by atoms with Gasteiger partial charge in [0.1, 0.15) is 11.8 Å². The number of ether oxygens (including phenoxy) is 1. The van der Waals surface area contributed by atoms with Crippen molar-refractivity contribution < 1.29 is 19.1 Å². The molecule has 2 aliphatic rings. The number of anilines is 1. The van der Waals surface area contributed by atoms with Gasteiger partial charge in [-0.1, -0.05) is 61.5 Å². The van der Waals surface area contributed by atoms with Crippen LogP contribution in [0.25, 0.3) is 0 Å². The second kappa shape index (κ2) is 13.7. The lowest BCUT2D eigenvalue weighted by molar-refractivity contribution is -0.136. The summed E-state index contributed by atoms with van der Waals surface area (Å²) in [5.74, 6) is 0.482. The molecular formula is C34H40N4O4. The van der Waals surface area contributed by atoms with Gasteiger partial charge >= 0.3 is 0 Å². The highest BCUT2D eigenvalue weighted by molar-refractivity contribution is 5.94. The highest BCUT2D eigenvalue weighted by atomic mass is 16.5. The van der Waals surface area contributed by atoms with Crippen molar-refractivity contribution in [3.05, 3.63) is 95.6 Å². The second-order valence-corrected chi connectivity index (χ2v) is 11.1. The van der Waals surface area contributed by atoms with Crippen LogP contribution < -0.4 is 20.3 Å².